The normalized spacial score (nSPS) is 27.2. The Morgan fingerprint density at radius 3 is 2.62 bits per heavy atom. The van der Waals surface area contributed by atoms with Crippen LogP contribution in [0, 0.1) is 11.8 Å². The van der Waals surface area contributed by atoms with Crippen molar-refractivity contribution in [3.05, 3.63) is 18.5 Å². The lowest BCUT2D eigenvalue weighted by Crippen LogP contribution is -2.50. The number of fused-ring (bicyclic) bond motifs is 1. The molecule has 1 amide bonds. The summed E-state index contributed by atoms with van der Waals surface area (Å²) in [4.78, 5) is 38.7. The van der Waals surface area contributed by atoms with Crippen LogP contribution in [0.4, 0.5) is 5.95 Å². The summed E-state index contributed by atoms with van der Waals surface area (Å²) in [5.74, 6) is 0.789. The molecule has 3 aliphatic rings. The van der Waals surface area contributed by atoms with E-state index < -0.39 is 0 Å². The molecule has 0 spiro atoms. The monoisotopic (exact) mass is 331 g/mol. The summed E-state index contributed by atoms with van der Waals surface area (Å²) >= 11 is 0. The van der Waals surface area contributed by atoms with Gasteiger partial charge in [0.1, 0.15) is 0 Å². The number of piperazine rings is 1. The number of cyclic esters (lactones) is 1. The van der Waals surface area contributed by atoms with Crippen LogP contribution in [0.2, 0.25) is 0 Å². The maximum Gasteiger partial charge on any atom is 0.311 e. The first-order chi connectivity index (χ1) is 11.7. The van der Waals surface area contributed by atoms with Crippen molar-refractivity contribution in [3.8, 4) is 0 Å². The van der Waals surface area contributed by atoms with Gasteiger partial charge in [-0.1, -0.05) is 0 Å². The number of amides is 1. The van der Waals surface area contributed by atoms with Crippen molar-refractivity contribution in [2.75, 3.05) is 57.3 Å². The highest BCUT2D eigenvalue weighted by molar-refractivity contribution is 5.81. The molecule has 8 heteroatoms. The molecule has 0 N–H and O–H groups in total. The zero-order chi connectivity index (χ0) is 16.5. The zero-order valence-electron chi connectivity index (χ0n) is 13.5. The summed E-state index contributed by atoms with van der Waals surface area (Å²) in [5.41, 5.74) is 0. The lowest BCUT2D eigenvalue weighted by molar-refractivity contribution is -0.142. The van der Waals surface area contributed by atoms with Gasteiger partial charge in [-0.2, -0.15) is 0 Å². The van der Waals surface area contributed by atoms with Crippen LogP contribution in [-0.4, -0.2) is 84.1 Å². The topological polar surface area (TPSA) is 78.9 Å². The minimum absolute atomic E-state index is 0.110. The number of nitrogens with zero attached hydrogens (tertiary/aromatic N) is 5. The van der Waals surface area contributed by atoms with E-state index in [0.29, 0.717) is 26.2 Å². The molecule has 0 bridgehead atoms. The Balaban J connectivity index is 1.27. The minimum atomic E-state index is -0.147. The second-order valence-corrected chi connectivity index (χ2v) is 6.61. The quantitative estimate of drug-likeness (QED) is 0.673. The Bertz CT molecular complexity index is 617. The van der Waals surface area contributed by atoms with Gasteiger partial charge in [0.05, 0.1) is 19.1 Å². The number of likely N-dealkylation sites (tertiary alicyclic amines) is 1. The van der Waals surface area contributed by atoms with Crippen molar-refractivity contribution in [1.29, 1.82) is 0 Å². The fraction of sp³-hybridized carbons (Fsp3) is 0.625. The van der Waals surface area contributed by atoms with Gasteiger partial charge in [0.15, 0.2) is 0 Å². The fourth-order valence-electron chi connectivity index (χ4n) is 3.66. The van der Waals surface area contributed by atoms with Gasteiger partial charge in [-0.05, 0) is 6.07 Å². The molecule has 0 unspecified atom stereocenters. The summed E-state index contributed by atoms with van der Waals surface area (Å²) in [6.45, 7) is 5.29. The number of aromatic nitrogens is 2. The predicted octanol–water partition coefficient (Wildman–Crippen LogP) is -0.770. The van der Waals surface area contributed by atoms with E-state index in [-0.39, 0.29) is 23.7 Å². The molecule has 2 atom stereocenters. The predicted molar refractivity (Wildman–Crippen MR) is 85.2 cm³/mol. The molecule has 0 saturated carbocycles. The number of hydrogen-bond acceptors (Lipinski definition) is 7. The molecule has 0 aromatic carbocycles. The van der Waals surface area contributed by atoms with Crippen LogP contribution in [-0.2, 0) is 14.3 Å². The van der Waals surface area contributed by atoms with Crippen LogP contribution < -0.4 is 4.90 Å². The molecule has 8 nitrogen and oxygen atoms in total. The summed E-state index contributed by atoms with van der Waals surface area (Å²) in [5, 5.41) is 0. The van der Waals surface area contributed by atoms with Gasteiger partial charge in [0.25, 0.3) is 0 Å². The number of rotatable bonds is 3. The van der Waals surface area contributed by atoms with Gasteiger partial charge in [-0.25, -0.2) is 9.97 Å². The van der Waals surface area contributed by atoms with E-state index >= 15 is 0 Å². The van der Waals surface area contributed by atoms with Crippen LogP contribution in [0.15, 0.2) is 18.5 Å². The molecule has 0 radical (unpaired) electrons. The zero-order valence-corrected chi connectivity index (χ0v) is 13.5. The number of anilines is 1. The van der Waals surface area contributed by atoms with E-state index in [0.717, 1.165) is 32.1 Å². The van der Waals surface area contributed by atoms with Crippen LogP contribution in [0.5, 0.6) is 0 Å². The highest BCUT2D eigenvalue weighted by atomic mass is 16.5. The molecule has 3 aliphatic heterocycles. The highest BCUT2D eigenvalue weighted by Gasteiger charge is 2.45. The van der Waals surface area contributed by atoms with E-state index in [1.807, 2.05) is 4.90 Å². The number of esters is 1. The van der Waals surface area contributed by atoms with Crippen molar-refractivity contribution in [2.24, 2.45) is 11.8 Å². The third-order valence-electron chi connectivity index (χ3n) is 5.10. The first-order valence-electron chi connectivity index (χ1n) is 8.39. The maximum absolute atomic E-state index is 12.5. The van der Waals surface area contributed by atoms with Crippen molar-refractivity contribution >= 4 is 17.8 Å². The summed E-state index contributed by atoms with van der Waals surface area (Å²) in [6.07, 6.45) is 3.49. The molecule has 4 heterocycles. The average Bonchev–Trinajstić information content (AvgIpc) is 3.19. The smallest absolute Gasteiger partial charge is 0.311 e. The van der Waals surface area contributed by atoms with Crippen LogP contribution in [0.25, 0.3) is 0 Å². The first-order valence-corrected chi connectivity index (χ1v) is 8.39. The van der Waals surface area contributed by atoms with Gasteiger partial charge in [-0.15, -0.1) is 0 Å². The second-order valence-electron chi connectivity index (χ2n) is 6.61. The van der Waals surface area contributed by atoms with Gasteiger partial charge in [0.2, 0.25) is 11.9 Å². The molecular weight excluding hydrogens is 310 g/mol. The molecule has 0 aliphatic carbocycles. The SMILES string of the molecule is O=C1OC[C@H]2CN(C(=O)CN3CCN(c4ncccn4)CC3)C[C@@H]12. The first kappa shape index (κ1) is 15.3. The third kappa shape index (κ3) is 2.93. The number of carbonyl (C=O) groups is 2. The summed E-state index contributed by atoms with van der Waals surface area (Å²) < 4.78 is 5.05. The second kappa shape index (κ2) is 6.35. The number of hydrogen-bond donors (Lipinski definition) is 0. The lowest BCUT2D eigenvalue weighted by Gasteiger charge is -2.34. The average molecular weight is 331 g/mol. The van der Waals surface area contributed by atoms with Gasteiger partial charge in [0, 0.05) is 57.6 Å². The largest absolute Gasteiger partial charge is 0.465 e. The third-order valence-corrected chi connectivity index (χ3v) is 5.10. The maximum atomic E-state index is 12.5. The van der Waals surface area contributed by atoms with E-state index in [1.165, 1.54) is 0 Å². The van der Waals surface area contributed by atoms with Crippen molar-refractivity contribution in [3.63, 3.8) is 0 Å². The molecule has 4 rings (SSSR count). The van der Waals surface area contributed by atoms with Gasteiger partial charge < -0.3 is 14.5 Å². The van der Waals surface area contributed by atoms with Crippen molar-refractivity contribution in [2.45, 2.75) is 0 Å². The Morgan fingerprint density at radius 2 is 1.92 bits per heavy atom. The van der Waals surface area contributed by atoms with Crippen LogP contribution in [0.3, 0.4) is 0 Å². The Morgan fingerprint density at radius 1 is 1.17 bits per heavy atom. The van der Waals surface area contributed by atoms with Gasteiger partial charge in [-0.3, -0.25) is 14.5 Å². The molecule has 3 fully saturated rings. The van der Waals surface area contributed by atoms with E-state index in [4.69, 9.17) is 4.74 Å². The standard InChI is InChI=1S/C16H21N5O3/c22-14(21-8-12-11-24-15(23)13(12)9-21)10-19-4-6-20(7-5-19)16-17-2-1-3-18-16/h1-3,12-13H,4-11H2/t12-,13-/m1/s1. The fourth-order valence-corrected chi connectivity index (χ4v) is 3.66. The summed E-state index contributed by atoms with van der Waals surface area (Å²) in [6, 6.07) is 1.81. The number of carbonyl (C=O) groups excluding carboxylic acids is 2. The molecule has 128 valence electrons. The van der Waals surface area contributed by atoms with Crippen LogP contribution in [0.1, 0.15) is 0 Å². The van der Waals surface area contributed by atoms with E-state index in [2.05, 4.69) is 19.8 Å². The minimum Gasteiger partial charge on any atom is -0.465 e. The van der Waals surface area contributed by atoms with Crippen LogP contribution >= 0.6 is 0 Å². The molecular formula is C16H21N5O3. The highest BCUT2D eigenvalue weighted by Crippen LogP contribution is 2.30. The summed E-state index contributed by atoms with van der Waals surface area (Å²) in [7, 11) is 0. The molecule has 1 aromatic rings. The Kier molecular flexibility index (Phi) is 4.05. The lowest BCUT2D eigenvalue weighted by atomic mass is 10.0. The Labute approximate surface area is 140 Å². The van der Waals surface area contributed by atoms with E-state index in [9.17, 15) is 9.59 Å². The molecule has 24 heavy (non-hydrogen) atoms. The Hall–Kier alpha value is -2.22. The van der Waals surface area contributed by atoms with Crippen molar-refractivity contribution in [1.82, 2.24) is 19.8 Å². The van der Waals surface area contributed by atoms with Gasteiger partial charge >= 0.3 is 5.97 Å². The molecule has 1 aromatic heterocycles. The molecule has 3 saturated heterocycles. The van der Waals surface area contributed by atoms with Crippen molar-refractivity contribution < 1.29 is 14.3 Å². The number of ether oxygens (including phenoxy) is 1. The van der Waals surface area contributed by atoms with E-state index in [1.54, 1.807) is 18.5 Å².